The highest BCUT2D eigenvalue weighted by molar-refractivity contribution is 4.83. The zero-order valence-corrected chi connectivity index (χ0v) is 10.0. The molecule has 1 aliphatic carbocycles. The first-order chi connectivity index (χ1) is 6.47. The number of hydrogen-bond donors (Lipinski definition) is 2. The van der Waals surface area contributed by atoms with Crippen LogP contribution in [0.15, 0.2) is 0 Å². The average Bonchev–Trinajstić information content (AvgIpc) is 2.52. The molecule has 0 bridgehead atoms. The molecular weight excluding hydrogens is 172 g/mol. The van der Waals surface area contributed by atoms with E-state index in [9.17, 15) is 0 Å². The van der Waals surface area contributed by atoms with Crippen LogP contribution in [0.2, 0.25) is 0 Å². The van der Waals surface area contributed by atoms with Crippen molar-refractivity contribution >= 4 is 0 Å². The SMILES string of the molecule is CC(C)(CN)CNCC1(C)CCCC1. The van der Waals surface area contributed by atoms with Crippen molar-refractivity contribution in [2.45, 2.75) is 46.5 Å². The van der Waals surface area contributed by atoms with Crippen LogP contribution in [0, 0.1) is 10.8 Å². The maximum Gasteiger partial charge on any atom is 0.00148 e. The van der Waals surface area contributed by atoms with Gasteiger partial charge in [0.25, 0.3) is 0 Å². The van der Waals surface area contributed by atoms with Gasteiger partial charge in [-0.2, -0.15) is 0 Å². The molecule has 14 heavy (non-hydrogen) atoms. The molecule has 0 saturated heterocycles. The van der Waals surface area contributed by atoms with Gasteiger partial charge in [-0.3, -0.25) is 0 Å². The molecule has 84 valence electrons. The lowest BCUT2D eigenvalue weighted by atomic mass is 9.88. The lowest BCUT2D eigenvalue weighted by molar-refractivity contribution is 0.277. The Morgan fingerprint density at radius 3 is 2.36 bits per heavy atom. The predicted octanol–water partition coefficient (Wildman–Crippen LogP) is 2.14. The summed E-state index contributed by atoms with van der Waals surface area (Å²) in [5, 5.41) is 3.58. The molecule has 0 spiro atoms. The van der Waals surface area contributed by atoms with E-state index in [1.165, 1.54) is 25.7 Å². The second-order valence-corrected chi connectivity index (χ2v) is 5.99. The summed E-state index contributed by atoms with van der Waals surface area (Å²) in [6.45, 7) is 9.81. The molecule has 1 rings (SSSR count). The standard InChI is InChI=1S/C12H26N2/c1-11(2,8-13)9-14-10-12(3)6-4-5-7-12/h14H,4-10,13H2,1-3H3. The van der Waals surface area contributed by atoms with Crippen LogP contribution in [0.3, 0.4) is 0 Å². The van der Waals surface area contributed by atoms with Gasteiger partial charge < -0.3 is 11.1 Å². The van der Waals surface area contributed by atoms with Crippen molar-refractivity contribution in [1.29, 1.82) is 0 Å². The third-order valence-electron chi connectivity index (χ3n) is 3.52. The number of nitrogens with two attached hydrogens (primary N) is 1. The van der Waals surface area contributed by atoms with Gasteiger partial charge in [-0.25, -0.2) is 0 Å². The van der Waals surface area contributed by atoms with Crippen molar-refractivity contribution in [1.82, 2.24) is 5.32 Å². The van der Waals surface area contributed by atoms with Crippen molar-refractivity contribution in [3.05, 3.63) is 0 Å². The molecule has 0 atom stereocenters. The van der Waals surface area contributed by atoms with E-state index in [0.717, 1.165) is 19.6 Å². The third kappa shape index (κ3) is 3.58. The highest BCUT2D eigenvalue weighted by Gasteiger charge is 2.28. The molecule has 1 fully saturated rings. The van der Waals surface area contributed by atoms with Gasteiger partial charge in [0.2, 0.25) is 0 Å². The van der Waals surface area contributed by atoms with Crippen LogP contribution in [0.4, 0.5) is 0 Å². The maximum atomic E-state index is 5.69. The van der Waals surface area contributed by atoms with E-state index in [-0.39, 0.29) is 5.41 Å². The largest absolute Gasteiger partial charge is 0.330 e. The van der Waals surface area contributed by atoms with Crippen LogP contribution in [0.25, 0.3) is 0 Å². The van der Waals surface area contributed by atoms with E-state index in [1.807, 2.05) is 0 Å². The summed E-state index contributed by atoms with van der Waals surface area (Å²) < 4.78 is 0. The van der Waals surface area contributed by atoms with Crippen LogP contribution in [0.5, 0.6) is 0 Å². The lowest BCUT2D eigenvalue weighted by Gasteiger charge is -2.28. The zero-order valence-electron chi connectivity index (χ0n) is 10.0. The fourth-order valence-corrected chi connectivity index (χ4v) is 2.18. The Morgan fingerprint density at radius 1 is 1.29 bits per heavy atom. The van der Waals surface area contributed by atoms with Crippen molar-refractivity contribution in [2.24, 2.45) is 16.6 Å². The van der Waals surface area contributed by atoms with E-state index < -0.39 is 0 Å². The molecule has 2 nitrogen and oxygen atoms in total. The van der Waals surface area contributed by atoms with Gasteiger partial charge in [0, 0.05) is 13.1 Å². The van der Waals surface area contributed by atoms with Gasteiger partial charge in [-0.15, -0.1) is 0 Å². The first kappa shape index (κ1) is 12.0. The molecule has 1 aliphatic rings. The van der Waals surface area contributed by atoms with Gasteiger partial charge in [-0.1, -0.05) is 33.6 Å². The Bertz CT molecular complexity index is 169. The summed E-state index contributed by atoms with van der Waals surface area (Å²) in [4.78, 5) is 0. The van der Waals surface area contributed by atoms with Crippen molar-refractivity contribution in [3.63, 3.8) is 0 Å². The minimum Gasteiger partial charge on any atom is -0.330 e. The molecule has 0 aliphatic heterocycles. The van der Waals surface area contributed by atoms with E-state index in [4.69, 9.17) is 5.73 Å². The minimum atomic E-state index is 0.245. The molecule has 2 heteroatoms. The van der Waals surface area contributed by atoms with Crippen LogP contribution in [-0.2, 0) is 0 Å². The summed E-state index contributed by atoms with van der Waals surface area (Å²) in [6, 6.07) is 0. The van der Waals surface area contributed by atoms with Crippen LogP contribution in [-0.4, -0.2) is 19.6 Å². The summed E-state index contributed by atoms with van der Waals surface area (Å²) in [5.41, 5.74) is 6.50. The second kappa shape index (κ2) is 4.63. The molecule has 3 N–H and O–H groups in total. The summed E-state index contributed by atoms with van der Waals surface area (Å²) in [7, 11) is 0. The van der Waals surface area contributed by atoms with Crippen LogP contribution in [0.1, 0.15) is 46.5 Å². The fraction of sp³-hybridized carbons (Fsp3) is 1.00. The normalized spacial score (nSPS) is 21.4. The van der Waals surface area contributed by atoms with Crippen LogP contribution >= 0.6 is 0 Å². The second-order valence-electron chi connectivity index (χ2n) is 5.99. The summed E-state index contributed by atoms with van der Waals surface area (Å²) in [5.74, 6) is 0. The van der Waals surface area contributed by atoms with Crippen LogP contribution < -0.4 is 11.1 Å². The maximum absolute atomic E-state index is 5.69. The predicted molar refractivity (Wildman–Crippen MR) is 62.3 cm³/mol. The Kier molecular flexibility index (Phi) is 3.96. The third-order valence-corrected chi connectivity index (χ3v) is 3.52. The number of rotatable bonds is 5. The van der Waals surface area contributed by atoms with Crippen molar-refractivity contribution in [2.75, 3.05) is 19.6 Å². The molecule has 0 heterocycles. The van der Waals surface area contributed by atoms with Gasteiger partial charge in [0.05, 0.1) is 0 Å². The molecule has 0 aromatic heterocycles. The Balaban J connectivity index is 2.20. The van der Waals surface area contributed by atoms with Crippen molar-refractivity contribution in [3.8, 4) is 0 Å². The Morgan fingerprint density at radius 2 is 1.86 bits per heavy atom. The molecule has 1 saturated carbocycles. The van der Waals surface area contributed by atoms with Gasteiger partial charge >= 0.3 is 0 Å². The van der Waals surface area contributed by atoms with Gasteiger partial charge in [-0.05, 0) is 30.2 Å². The lowest BCUT2D eigenvalue weighted by Crippen LogP contribution is -2.39. The van der Waals surface area contributed by atoms with Gasteiger partial charge in [0.1, 0.15) is 0 Å². The van der Waals surface area contributed by atoms with E-state index in [1.54, 1.807) is 0 Å². The number of hydrogen-bond acceptors (Lipinski definition) is 2. The zero-order chi connectivity index (χ0) is 10.7. The monoisotopic (exact) mass is 198 g/mol. The minimum absolute atomic E-state index is 0.245. The first-order valence-corrected chi connectivity index (χ1v) is 5.88. The smallest absolute Gasteiger partial charge is 0.00148 e. The molecule has 0 radical (unpaired) electrons. The average molecular weight is 198 g/mol. The van der Waals surface area contributed by atoms with E-state index in [0.29, 0.717) is 5.41 Å². The molecule has 0 amide bonds. The molecule has 0 aromatic carbocycles. The summed E-state index contributed by atoms with van der Waals surface area (Å²) in [6.07, 6.45) is 5.61. The quantitative estimate of drug-likeness (QED) is 0.710. The fourth-order valence-electron chi connectivity index (χ4n) is 2.18. The number of nitrogens with one attached hydrogen (secondary N) is 1. The molecule has 0 unspecified atom stereocenters. The van der Waals surface area contributed by atoms with E-state index >= 15 is 0 Å². The Hall–Kier alpha value is -0.0800. The Labute approximate surface area is 88.6 Å². The van der Waals surface area contributed by atoms with Gasteiger partial charge in [0.15, 0.2) is 0 Å². The molecular formula is C12H26N2. The highest BCUT2D eigenvalue weighted by atomic mass is 14.9. The highest BCUT2D eigenvalue weighted by Crippen LogP contribution is 2.36. The molecule has 0 aromatic rings. The van der Waals surface area contributed by atoms with E-state index in [2.05, 4.69) is 26.1 Å². The topological polar surface area (TPSA) is 38.0 Å². The van der Waals surface area contributed by atoms with Crippen molar-refractivity contribution < 1.29 is 0 Å². The summed E-state index contributed by atoms with van der Waals surface area (Å²) >= 11 is 0. The first-order valence-electron chi connectivity index (χ1n) is 5.88.